The Bertz CT molecular complexity index is 62.6. The summed E-state index contributed by atoms with van der Waals surface area (Å²) >= 11 is -4.50. The van der Waals surface area contributed by atoms with Gasteiger partial charge in [-0.25, -0.2) is 0 Å². The van der Waals surface area contributed by atoms with Gasteiger partial charge in [-0.2, -0.15) is 0 Å². The quantitative estimate of drug-likeness (QED) is 0.396. The van der Waals surface area contributed by atoms with Gasteiger partial charge in [-0.1, -0.05) is 0 Å². The average molecular weight is 345 g/mol. The van der Waals surface area contributed by atoms with Gasteiger partial charge in [0.15, 0.2) is 0 Å². The maximum absolute atomic E-state index is 8.57. The van der Waals surface area contributed by atoms with Crippen molar-refractivity contribution in [2.24, 2.45) is 0 Å². The van der Waals surface area contributed by atoms with Crippen LogP contribution in [0.15, 0.2) is 0 Å². The van der Waals surface area contributed by atoms with Crippen LogP contribution in [-0.2, 0) is 11.4 Å². The van der Waals surface area contributed by atoms with Crippen LogP contribution >= 0.6 is 0 Å². The molecule has 6 nitrogen and oxygen atoms in total. The van der Waals surface area contributed by atoms with Gasteiger partial charge < -0.3 is 2.85 Å². The third-order valence-electron chi connectivity index (χ3n) is 0. The number of hydrogen-bond donors (Lipinski definition) is 3. The molecule has 11 heteroatoms. The van der Waals surface area contributed by atoms with E-state index in [9.17, 15) is 0 Å². The van der Waals surface area contributed by atoms with Gasteiger partial charge in [0.2, 0.25) is 0 Å². The van der Waals surface area contributed by atoms with Crippen molar-refractivity contribution in [1.29, 1.82) is 0 Å². The second kappa shape index (κ2) is 55.5. The van der Waals surface area contributed by atoms with Gasteiger partial charge >= 0.3 is 93.4 Å². The van der Waals surface area contributed by atoms with E-state index in [4.69, 9.17) is 23.9 Å². The predicted octanol–water partition coefficient (Wildman–Crippen LogP) is -3.33. The molecule has 55 valence electrons. The summed E-state index contributed by atoms with van der Waals surface area (Å²) in [6.45, 7) is 0. The van der Waals surface area contributed by atoms with Crippen LogP contribution in [0.25, 0.3) is 0 Å². The summed E-state index contributed by atoms with van der Waals surface area (Å²) in [7, 11) is 0. The monoisotopic (exact) mass is 345 g/mol. The molecule has 0 amide bonds. The number of hydrogen-bond acceptors (Lipinski definition) is 3. The Kier molecular flexibility index (Phi) is 147. The standard InChI is InChI=1S/3Al.La.Mg.3H2O.3O.2H/h;;;;;3*1H2;;;;;/q3*+1;;+2;;;;;;;2*-1/p-3. The summed E-state index contributed by atoms with van der Waals surface area (Å²) in [5.74, 6) is 0. The van der Waals surface area contributed by atoms with Gasteiger partial charge in [0.05, 0.1) is 0 Å². The average Bonchev–Trinajstić information content (AvgIpc) is 1.70. The summed E-state index contributed by atoms with van der Waals surface area (Å²) in [6.07, 6.45) is 0. The van der Waals surface area contributed by atoms with E-state index in [-0.39, 0.29) is 61.5 Å². The van der Waals surface area contributed by atoms with E-state index in [1.165, 1.54) is 0 Å². The Hall–Kier alpha value is 2.36. The van der Waals surface area contributed by atoms with Crippen LogP contribution in [0.1, 0.15) is 2.85 Å². The molecule has 0 rings (SSSR count). The molecule has 0 unspecified atom stereocenters. The third kappa shape index (κ3) is 238. The van der Waals surface area contributed by atoms with Crippen LogP contribution in [0.3, 0.4) is 0 Å². The molecule has 3 N–H and O–H groups in total. The molecule has 0 heterocycles. The molecule has 0 atom stereocenters. The van der Waals surface area contributed by atoms with E-state index >= 15 is 0 Å². The third-order valence-corrected chi connectivity index (χ3v) is 0. The van der Waals surface area contributed by atoms with Gasteiger partial charge in [-0.3, -0.25) is 0 Å². The summed E-state index contributed by atoms with van der Waals surface area (Å²) in [5.41, 5.74) is 0. The van der Waals surface area contributed by atoms with Gasteiger partial charge in [0, 0.05) is 35.6 Å². The maximum atomic E-state index is 8.57. The zero-order valence-electron chi connectivity index (χ0n) is 7.58. The van der Waals surface area contributed by atoms with E-state index < -0.39 is 46.5 Å². The summed E-state index contributed by atoms with van der Waals surface area (Å²) in [4.78, 5) is 0. The summed E-state index contributed by atoms with van der Waals surface area (Å²) < 4.78 is 47.0. The van der Waals surface area contributed by atoms with Crippen molar-refractivity contribution in [2.75, 3.05) is 0 Å². The first kappa shape index (κ1) is 29.2. The van der Waals surface area contributed by atoms with E-state index in [2.05, 4.69) is 0 Å². The van der Waals surface area contributed by atoms with E-state index in [1.807, 2.05) is 0 Å². The summed E-state index contributed by atoms with van der Waals surface area (Å²) in [6, 6.07) is 0. The molecule has 0 aliphatic heterocycles. The van der Waals surface area contributed by atoms with Crippen LogP contribution in [0, 0.1) is 35.6 Å². The zero-order valence-corrected chi connectivity index (χ0v) is 14.1. The first-order chi connectivity index (χ1) is 4.24. The van der Waals surface area contributed by atoms with Crippen LogP contribution in [0.2, 0.25) is 0 Å². The van der Waals surface area contributed by atoms with Crippen molar-refractivity contribution in [2.45, 2.75) is 0 Å². The molecule has 0 saturated carbocycles. The normalized spacial score (nSPS) is 2.18. The van der Waals surface area contributed by atoms with Crippen molar-refractivity contribution in [3.05, 3.63) is 0 Å². The zero-order chi connectivity index (χ0) is 8.12. The van der Waals surface area contributed by atoms with Crippen molar-refractivity contribution in [3.8, 4) is 0 Å². The fourth-order valence-corrected chi connectivity index (χ4v) is 0. The summed E-state index contributed by atoms with van der Waals surface area (Å²) in [5, 5.41) is 0. The minimum atomic E-state index is -1.50. The Morgan fingerprint density at radius 1 is 0.818 bits per heavy atom. The Labute approximate surface area is 130 Å². The molecule has 0 aromatic heterocycles. The van der Waals surface area contributed by atoms with Crippen LogP contribution < -0.4 is 0 Å². The van der Waals surface area contributed by atoms with Crippen LogP contribution in [0.4, 0.5) is 0 Å². The molecule has 11 heavy (non-hydrogen) atoms. The molecule has 0 aliphatic carbocycles. The molecule has 0 aromatic carbocycles. The van der Waals surface area contributed by atoms with Crippen molar-refractivity contribution >= 4 is 69.5 Å². The van der Waals surface area contributed by atoms with Gasteiger partial charge in [0.1, 0.15) is 0 Å². The first-order valence-corrected chi connectivity index (χ1v) is 4.45. The van der Waals surface area contributed by atoms with Crippen molar-refractivity contribution in [1.82, 2.24) is 0 Å². The Morgan fingerprint density at radius 3 is 0.818 bits per heavy atom. The molecule has 0 bridgehead atoms. The Balaban J connectivity index is -0.00000000720. The van der Waals surface area contributed by atoms with Crippen molar-refractivity contribution < 1.29 is 62.3 Å². The van der Waals surface area contributed by atoms with Gasteiger partial charge in [0.25, 0.3) is 0 Å². The second-order valence-corrected chi connectivity index (χ2v) is 0.949. The number of rotatable bonds is 0. The van der Waals surface area contributed by atoms with E-state index in [0.717, 1.165) is 0 Å². The fourth-order valence-electron chi connectivity index (χ4n) is 0. The molecule has 0 fully saturated rings. The van der Waals surface area contributed by atoms with Crippen LogP contribution in [0.5, 0.6) is 0 Å². The second-order valence-electron chi connectivity index (χ2n) is 0.316. The Morgan fingerprint density at radius 2 is 0.818 bits per heavy atom. The van der Waals surface area contributed by atoms with Crippen LogP contribution in [-0.4, -0.2) is 82.0 Å². The molecular formula is H5Al3LaMgO6. The topological polar surface area (TPSA) is 112 Å². The fraction of sp³-hybridized carbons (Fsp3) is 0. The SMILES string of the molecule is [H-].[H-].[La].[Mg+2].[O]=[Al][OH].[O]=[Al][OH].[O]=[Al][OH]. The molecule has 0 aliphatic rings. The minimum absolute atomic E-state index is 0. The van der Waals surface area contributed by atoms with E-state index in [0.29, 0.717) is 0 Å². The predicted molar refractivity (Wildman–Crippen MR) is 34.0 cm³/mol. The van der Waals surface area contributed by atoms with Crippen molar-refractivity contribution in [3.63, 3.8) is 0 Å². The van der Waals surface area contributed by atoms with Gasteiger partial charge in [-0.05, 0) is 0 Å². The van der Waals surface area contributed by atoms with E-state index in [1.54, 1.807) is 0 Å². The van der Waals surface area contributed by atoms with Gasteiger partial charge in [-0.15, -0.1) is 0 Å². The molecule has 0 spiro atoms. The molecular weight excluding hydrogens is 340 g/mol. The molecule has 0 saturated heterocycles. The first-order valence-electron chi connectivity index (χ1n) is 1.48. The molecule has 0 aromatic rings. The molecule has 1 radical (unpaired) electrons.